The van der Waals surface area contributed by atoms with Crippen molar-refractivity contribution in [1.29, 1.82) is 0 Å². The zero-order valence-electron chi connectivity index (χ0n) is 11.7. The van der Waals surface area contributed by atoms with E-state index in [0.29, 0.717) is 17.6 Å². The van der Waals surface area contributed by atoms with Gasteiger partial charge in [-0.15, -0.1) is 0 Å². The van der Waals surface area contributed by atoms with E-state index in [0.717, 1.165) is 17.2 Å². The number of aryl methyl sites for hydroxylation is 1. The third kappa shape index (κ3) is 3.95. The van der Waals surface area contributed by atoms with E-state index in [9.17, 15) is 4.79 Å². The third-order valence-electron chi connectivity index (χ3n) is 3.85. The van der Waals surface area contributed by atoms with Crippen molar-refractivity contribution in [2.45, 2.75) is 32.7 Å². The minimum Gasteiger partial charge on any atom is -0.325 e. The summed E-state index contributed by atoms with van der Waals surface area (Å²) in [5, 5.41) is 3.57. The molecule has 1 amide bonds. The molecule has 3 nitrogen and oxygen atoms in total. The second kappa shape index (κ2) is 5.93. The molecule has 0 radical (unpaired) electrons. The average molecular weight is 281 g/mol. The fourth-order valence-corrected chi connectivity index (χ4v) is 2.36. The first-order valence-electron chi connectivity index (χ1n) is 6.73. The van der Waals surface area contributed by atoms with Crippen molar-refractivity contribution in [1.82, 2.24) is 4.90 Å². The van der Waals surface area contributed by atoms with E-state index >= 15 is 0 Å². The Bertz CT molecular complexity index is 471. The van der Waals surface area contributed by atoms with Gasteiger partial charge in [0.05, 0.1) is 6.54 Å². The normalized spacial score (nSPS) is 16.5. The van der Waals surface area contributed by atoms with Gasteiger partial charge in [0, 0.05) is 16.8 Å². The lowest BCUT2D eigenvalue weighted by Crippen LogP contribution is -2.37. The topological polar surface area (TPSA) is 32.3 Å². The monoisotopic (exact) mass is 280 g/mol. The van der Waals surface area contributed by atoms with E-state index in [4.69, 9.17) is 11.6 Å². The number of carbonyl (C=O) groups is 1. The number of likely N-dealkylation sites (N-methyl/N-ethyl adjacent to an activating group) is 1. The highest BCUT2D eigenvalue weighted by Gasteiger charge is 2.30. The Kier molecular flexibility index (Phi) is 4.48. The van der Waals surface area contributed by atoms with Gasteiger partial charge in [-0.25, -0.2) is 0 Å². The van der Waals surface area contributed by atoms with Gasteiger partial charge in [0.2, 0.25) is 5.91 Å². The van der Waals surface area contributed by atoms with Crippen molar-refractivity contribution in [3.05, 3.63) is 28.8 Å². The number of benzene rings is 1. The zero-order valence-corrected chi connectivity index (χ0v) is 12.5. The van der Waals surface area contributed by atoms with Crippen LogP contribution >= 0.6 is 11.6 Å². The Balaban J connectivity index is 1.87. The van der Waals surface area contributed by atoms with Crippen molar-refractivity contribution >= 4 is 23.2 Å². The van der Waals surface area contributed by atoms with Crippen molar-refractivity contribution in [2.24, 2.45) is 5.92 Å². The molecule has 0 aliphatic heterocycles. The zero-order chi connectivity index (χ0) is 14.0. The molecule has 1 saturated carbocycles. The van der Waals surface area contributed by atoms with Gasteiger partial charge in [-0.1, -0.05) is 17.7 Å². The van der Waals surface area contributed by atoms with E-state index in [2.05, 4.69) is 17.1 Å². The first-order chi connectivity index (χ1) is 8.97. The van der Waals surface area contributed by atoms with E-state index in [1.807, 2.05) is 26.1 Å². The fraction of sp³-hybridized carbons (Fsp3) is 0.533. The predicted octanol–water partition coefficient (Wildman–Crippen LogP) is 3.32. The van der Waals surface area contributed by atoms with Crippen LogP contribution in [0.1, 0.15) is 25.3 Å². The molecular formula is C15H21ClN2O. The summed E-state index contributed by atoms with van der Waals surface area (Å²) in [4.78, 5) is 14.1. The molecule has 0 bridgehead atoms. The van der Waals surface area contributed by atoms with Crippen LogP contribution in [0.5, 0.6) is 0 Å². The van der Waals surface area contributed by atoms with Gasteiger partial charge in [0.25, 0.3) is 0 Å². The predicted molar refractivity (Wildman–Crippen MR) is 79.6 cm³/mol. The molecule has 1 aliphatic rings. The Labute approximate surface area is 119 Å². The summed E-state index contributed by atoms with van der Waals surface area (Å²) >= 11 is 6.04. The number of anilines is 1. The van der Waals surface area contributed by atoms with Crippen LogP contribution in [-0.4, -0.2) is 30.4 Å². The van der Waals surface area contributed by atoms with Crippen molar-refractivity contribution in [3.63, 3.8) is 0 Å². The minimum atomic E-state index is 0.00918. The van der Waals surface area contributed by atoms with Crippen LogP contribution in [0.15, 0.2) is 18.2 Å². The van der Waals surface area contributed by atoms with Crippen molar-refractivity contribution < 1.29 is 4.79 Å². The number of hydrogen-bond acceptors (Lipinski definition) is 2. The van der Waals surface area contributed by atoms with Crippen LogP contribution in [0.4, 0.5) is 5.69 Å². The summed E-state index contributed by atoms with van der Waals surface area (Å²) in [6, 6.07) is 6.06. The van der Waals surface area contributed by atoms with Gasteiger partial charge in [-0.05, 0) is 57.4 Å². The summed E-state index contributed by atoms with van der Waals surface area (Å²) in [6.07, 6.45) is 2.58. The molecule has 104 valence electrons. The summed E-state index contributed by atoms with van der Waals surface area (Å²) in [6.45, 7) is 4.55. The maximum absolute atomic E-state index is 12.0. The number of rotatable bonds is 5. The molecule has 4 heteroatoms. The standard InChI is InChI=1S/C15H21ClN2O/c1-10-4-7-13(8-14(10)16)17-15(19)9-18(3)11(2)12-5-6-12/h4,7-8,11-12H,5-6,9H2,1-3H3,(H,17,19)/t11-/m0/s1. The highest BCUT2D eigenvalue weighted by atomic mass is 35.5. The van der Waals surface area contributed by atoms with Gasteiger partial charge in [-0.3, -0.25) is 9.69 Å². The molecule has 1 N–H and O–H groups in total. The molecule has 1 aromatic rings. The van der Waals surface area contributed by atoms with Gasteiger partial charge in [0.1, 0.15) is 0 Å². The molecule has 0 saturated heterocycles. The Hall–Kier alpha value is -1.06. The van der Waals surface area contributed by atoms with Gasteiger partial charge >= 0.3 is 0 Å². The second-order valence-corrected chi connectivity index (χ2v) is 5.91. The van der Waals surface area contributed by atoms with E-state index < -0.39 is 0 Å². The Morgan fingerprint density at radius 1 is 1.53 bits per heavy atom. The van der Waals surface area contributed by atoms with Crippen LogP contribution in [0, 0.1) is 12.8 Å². The number of halogens is 1. The van der Waals surface area contributed by atoms with Gasteiger partial charge < -0.3 is 5.32 Å². The maximum Gasteiger partial charge on any atom is 0.238 e. The lowest BCUT2D eigenvalue weighted by molar-refractivity contribution is -0.117. The molecular weight excluding hydrogens is 260 g/mol. The Morgan fingerprint density at radius 3 is 2.79 bits per heavy atom. The van der Waals surface area contributed by atoms with Crippen LogP contribution in [-0.2, 0) is 4.79 Å². The third-order valence-corrected chi connectivity index (χ3v) is 4.26. The SMILES string of the molecule is Cc1ccc(NC(=O)CN(C)[C@@H](C)C2CC2)cc1Cl. The van der Waals surface area contributed by atoms with Gasteiger partial charge in [-0.2, -0.15) is 0 Å². The van der Waals surface area contributed by atoms with Crippen LogP contribution in [0.2, 0.25) is 5.02 Å². The highest BCUT2D eigenvalue weighted by molar-refractivity contribution is 6.31. The average Bonchev–Trinajstić information content (AvgIpc) is 3.17. The molecule has 19 heavy (non-hydrogen) atoms. The Morgan fingerprint density at radius 2 is 2.21 bits per heavy atom. The highest BCUT2D eigenvalue weighted by Crippen LogP contribution is 2.34. The summed E-state index contributed by atoms with van der Waals surface area (Å²) < 4.78 is 0. The van der Waals surface area contributed by atoms with E-state index in [-0.39, 0.29) is 5.91 Å². The maximum atomic E-state index is 12.0. The minimum absolute atomic E-state index is 0.00918. The van der Waals surface area contributed by atoms with Crippen molar-refractivity contribution in [2.75, 3.05) is 18.9 Å². The largest absolute Gasteiger partial charge is 0.325 e. The summed E-state index contributed by atoms with van der Waals surface area (Å²) in [7, 11) is 2.00. The molecule has 0 spiro atoms. The smallest absolute Gasteiger partial charge is 0.238 e. The number of hydrogen-bond donors (Lipinski definition) is 1. The molecule has 0 unspecified atom stereocenters. The molecule has 1 aliphatic carbocycles. The summed E-state index contributed by atoms with van der Waals surface area (Å²) in [5.41, 5.74) is 1.77. The van der Waals surface area contributed by atoms with Crippen LogP contribution in [0.3, 0.4) is 0 Å². The van der Waals surface area contributed by atoms with E-state index in [1.165, 1.54) is 12.8 Å². The molecule has 1 fully saturated rings. The number of amides is 1. The fourth-order valence-electron chi connectivity index (χ4n) is 2.18. The van der Waals surface area contributed by atoms with Crippen LogP contribution in [0.25, 0.3) is 0 Å². The second-order valence-electron chi connectivity index (χ2n) is 5.51. The molecule has 2 rings (SSSR count). The van der Waals surface area contributed by atoms with Crippen LogP contribution < -0.4 is 5.32 Å². The number of nitrogens with one attached hydrogen (secondary N) is 1. The molecule has 1 atom stereocenters. The first kappa shape index (κ1) is 14.4. The summed E-state index contributed by atoms with van der Waals surface area (Å²) in [5.74, 6) is 0.779. The van der Waals surface area contributed by atoms with E-state index in [1.54, 1.807) is 6.07 Å². The molecule has 0 heterocycles. The van der Waals surface area contributed by atoms with Crippen molar-refractivity contribution in [3.8, 4) is 0 Å². The lowest BCUT2D eigenvalue weighted by Gasteiger charge is -2.23. The number of carbonyl (C=O) groups excluding carboxylic acids is 1. The molecule has 1 aromatic carbocycles. The number of nitrogens with zero attached hydrogens (tertiary/aromatic N) is 1. The molecule has 0 aromatic heterocycles. The quantitative estimate of drug-likeness (QED) is 0.897. The lowest BCUT2D eigenvalue weighted by atomic mass is 10.2. The first-order valence-corrected chi connectivity index (χ1v) is 7.11. The van der Waals surface area contributed by atoms with Gasteiger partial charge in [0.15, 0.2) is 0 Å².